The van der Waals surface area contributed by atoms with Crippen LogP contribution in [0.25, 0.3) is 0 Å². The van der Waals surface area contributed by atoms with Gasteiger partial charge in [0, 0.05) is 17.1 Å². The molecule has 21 heavy (non-hydrogen) atoms. The molecule has 1 aliphatic carbocycles. The Labute approximate surface area is 135 Å². The van der Waals surface area contributed by atoms with Gasteiger partial charge in [0.15, 0.2) is 0 Å². The van der Waals surface area contributed by atoms with E-state index in [2.05, 4.69) is 39.8 Å². The minimum absolute atomic E-state index is 0.0859. The molecule has 6 heteroatoms. The SMILES string of the molecule is CCCNCc1ccc(S(=O)(=O)NC2CC(C)C2)c(Br)c1. The van der Waals surface area contributed by atoms with Crippen LogP contribution in [0.15, 0.2) is 27.6 Å². The molecule has 2 rings (SSSR count). The molecule has 118 valence electrons. The van der Waals surface area contributed by atoms with Gasteiger partial charge in [0.2, 0.25) is 10.0 Å². The lowest BCUT2D eigenvalue weighted by atomic mass is 9.83. The largest absolute Gasteiger partial charge is 0.313 e. The van der Waals surface area contributed by atoms with Crippen LogP contribution < -0.4 is 10.0 Å². The van der Waals surface area contributed by atoms with Gasteiger partial charge in [0.1, 0.15) is 0 Å². The van der Waals surface area contributed by atoms with Gasteiger partial charge >= 0.3 is 0 Å². The van der Waals surface area contributed by atoms with Crippen molar-refractivity contribution in [3.8, 4) is 0 Å². The van der Waals surface area contributed by atoms with E-state index in [0.717, 1.165) is 37.9 Å². The van der Waals surface area contributed by atoms with E-state index in [1.807, 2.05) is 12.1 Å². The maximum Gasteiger partial charge on any atom is 0.241 e. The van der Waals surface area contributed by atoms with Crippen LogP contribution in [0.5, 0.6) is 0 Å². The van der Waals surface area contributed by atoms with Crippen molar-refractivity contribution in [2.75, 3.05) is 6.54 Å². The molecule has 2 N–H and O–H groups in total. The number of benzene rings is 1. The maximum absolute atomic E-state index is 12.4. The average molecular weight is 375 g/mol. The summed E-state index contributed by atoms with van der Waals surface area (Å²) >= 11 is 3.39. The summed E-state index contributed by atoms with van der Waals surface area (Å²) in [4.78, 5) is 0.321. The van der Waals surface area contributed by atoms with Gasteiger partial charge in [-0.1, -0.05) is 19.9 Å². The van der Waals surface area contributed by atoms with Crippen LogP contribution in [0.2, 0.25) is 0 Å². The Hall–Kier alpha value is -0.430. The van der Waals surface area contributed by atoms with Gasteiger partial charge in [0.25, 0.3) is 0 Å². The van der Waals surface area contributed by atoms with Crippen molar-refractivity contribution < 1.29 is 8.42 Å². The fourth-order valence-electron chi connectivity index (χ4n) is 2.56. The highest BCUT2D eigenvalue weighted by Gasteiger charge is 2.30. The Morgan fingerprint density at radius 1 is 1.33 bits per heavy atom. The Morgan fingerprint density at radius 3 is 2.62 bits per heavy atom. The lowest BCUT2D eigenvalue weighted by molar-refractivity contribution is 0.270. The zero-order chi connectivity index (χ0) is 15.5. The van der Waals surface area contributed by atoms with Crippen LogP contribution in [0.1, 0.15) is 38.7 Å². The highest BCUT2D eigenvalue weighted by atomic mass is 79.9. The average Bonchev–Trinajstić information content (AvgIpc) is 2.37. The molecule has 0 heterocycles. The van der Waals surface area contributed by atoms with Gasteiger partial charge < -0.3 is 5.32 Å². The lowest BCUT2D eigenvalue weighted by Crippen LogP contribution is -2.43. The van der Waals surface area contributed by atoms with E-state index >= 15 is 0 Å². The van der Waals surface area contributed by atoms with E-state index in [1.54, 1.807) is 6.07 Å². The molecule has 1 aromatic rings. The van der Waals surface area contributed by atoms with Crippen molar-refractivity contribution in [3.05, 3.63) is 28.2 Å². The van der Waals surface area contributed by atoms with Gasteiger partial charge in [-0.15, -0.1) is 0 Å². The van der Waals surface area contributed by atoms with Crippen molar-refractivity contribution in [1.29, 1.82) is 0 Å². The van der Waals surface area contributed by atoms with Crippen LogP contribution in [0, 0.1) is 5.92 Å². The Bertz CT molecular complexity index is 583. The summed E-state index contributed by atoms with van der Waals surface area (Å²) in [5.74, 6) is 0.619. The monoisotopic (exact) mass is 374 g/mol. The van der Waals surface area contributed by atoms with Crippen LogP contribution in [0.4, 0.5) is 0 Å². The Morgan fingerprint density at radius 2 is 2.05 bits per heavy atom. The molecular formula is C15H23BrN2O2S. The first kappa shape index (κ1) is 16.9. The van der Waals surface area contributed by atoms with Crippen LogP contribution in [-0.4, -0.2) is 21.0 Å². The van der Waals surface area contributed by atoms with Crippen LogP contribution >= 0.6 is 15.9 Å². The summed E-state index contributed by atoms with van der Waals surface area (Å²) in [5.41, 5.74) is 1.08. The topological polar surface area (TPSA) is 58.2 Å². The molecule has 0 atom stereocenters. The first-order chi connectivity index (χ1) is 9.92. The molecule has 0 aromatic heterocycles. The third-order valence-corrected chi connectivity index (χ3v) is 6.23. The molecule has 0 amide bonds. The van der Waals surface area contributed by atoms with E-state index in [-0.39, 0.29) is 6.04 Å². The summed E-state index contributed by atoms with van der Waals surface area (Å²) in [6, 6.07) is 5.51. The lowest BCUT2D eigenvalue weighted by Gasteiger charge is -2.33. The molecule has 0 spiro atoms. The predicted octanol–water partition coefficient (Wildman–Crippen LogP) is 3.03. The molecule has 0 radical (unpaired) electrons. The molecule has 4 nitrogen and oxygen atoms in total. The summed E-state index contributed by atoms with van der Waals surface area (Å²) in [7, 11) is -3.43. The number of hydrogen-bond donors (Lipinski definition) is 2. The summed E-state index contributed by atoms with van der Waals surface area (Å²) in [6.07, 6.45) is 2.93. The van der Waals surface area contributed by atoms with Crippen molar-refractivity contribution in [2.45, 2.75) is 50.6 Å². The number of halogens is 1. The van der Waals surface area contributed by atoms with Crippen molar-refractivity contribution in [3.63, 3.8) is 0 Å². The molecule has 1 aromatic carbocycles. The van der Waals surface area contributed by atoms with E-state index < -0.39 is 10.0 Å². The van der Waals surface area contributed by atoms with E-state index in [1.165, 1.54) is 0 Å². The summed E-state index contributed by atoms with van der Waals surface area (Å²) in [5, 5.41) is 3.31. The highest BCUT2D eigenvalue weighted by Crippen LogP contribution is 2.29. The highest BCUT2D eigenvalue weighted by molar-refractivity contribution is 9.10. The van der Waals surface area contributed by atoms with Crippen LogP contribution in [0.3, 0.4) is 0 Å². The number of nitrogens with one attached hydrogen (secondary N) is 2. The number of rotatable bonds is 7. The van der Waals surface area contributed by atoms with Crippen molar-refractivity contribution in [1.82, 2.24) is 10.0 Å². The van der Waals surface area contributed by atoms with Crippen LogP contribution in [-0.2, 0) is 16.6 Å². The Balaban J connectivity index is 2.05. The normalized spacial score (nSPS) is 22.0. The fourth-order valence-corrected chi connectivity index (χ4v) is 4.95. The molecule has 0 bridgehead atoms. The first-order valence-corrected chi connectivity index (χ1v) is 9.71. The zero-order valence-corrected chi connectivity index (χ0v) is 14.9. The van der Waals surface area contributed by atoms with E-state index in [0.29, 0.717) is 15.3 Å². The fraction of sp³-hybridized carbons (Fsp3) is 0.600. The molecule has 1 aliphatic rings. The molecule has 0 unspecified atom stereocenters. The molecule has 0 aliphatic heterocycles. The first-order valence-electron chi connectivity index (χ1n) is 7.44. The Kier molecular flexibility index (Phi) is 5.82. The molecule has 1 saturated carbocycles. The minimum atomic E-state index is -3.43. The standard InChI is InChI=1S/C15H23BrN2O2S/c1-3-6-17-10-12-4-5-15(14(16)9-12)21(19,20)18-13-7-11(2)8-13/h4-5,9,11,13,17-18H,3,6-8,10H2,1-2H3. The van der Waals surface area contributed by atoms with Gasteiger partial charge in [-0.25, -0.2) is 13.1 Å². The summed E-state index contributed by atoms with van der Waals surface area (Å²) < 4.78 is 28.2. The van der Waals surface area contributed by atoms with Crippen molar-refractivity contribution >= 4 is 26.0 Å². The third-order valence-electron chi connectivity index (χ3n) is 3.74. The van der Waals surface area contributed by atoms with Gasteiger partial charge in [-0.05, 0) is 65.4 Å². The smallest absolute Gasteiger partial charge is 0.241 e. The minimum Gasteiger partial charge on any atom is -0.313 e. The second-order valence-electron chi connectivity index (χ2n) is 5.84. The van der Waals surface area contributed by atoms with Gasteiger partial charge in [-0.3, -0.25) is 0 Å². The second-order valence-corrected chi connectivity index (χ2v) is 8.37. The predicted molar refractivity (Wildman–Crippen MR) is 88.6 cm³/mol. The molecule has 1 fully saturated rings. The van der Waals surface area contributed by atoms with Crippen molar-refractivity contribution in [2.24, 2.45) is 5.92 Å². The van der Waals surface area contributed by atoms with E-state index in [4.69, 9.17) is 0 Å². The van der Waals surface area contributed by atoms with Gasteiger partial charge in [0.05, 0.1) is 4.90 Å². The zero-order valence-electron chi connectivity index (χ0n) is 12.5. The molecule has 0 saturated heterocycles. The molecular weight excluding hydrogens is 352 g/mol. The summed E-state index contributed by atoms with van der Waals surface area (Å²) in [6.45, 7) is 5.96. The maximum atomic E-state index is 12.4. The number of hydrogen-bond acceptors (Lipinski definition) is 3. The second kappa shape index (κ2) is 7.22. The van der Waals surface area contributed by atoms with E-state index in [9.17, 15) is 8.42 Å². The van der Waals surface area contributed by atoms with Gasteiger partial charge in [-0.2, -0.15) is 0 Å². The quantitative estimate of drug-likeness (QED) is 0.721. The number of sulfonamides is 1. The third kappa shape index (κ3) is 4.52.